The molecule has 0 unspecified atom stereocenters. The van der Waals surface area contributed by atoms with E-state index in [2.05, 4.69) is 4.72 Å². The second kappa shape index (κ2) is 4.48. The molecule has 0 fully saturated rings. The molecule has 5 nitrogen and oxygen atoms in total. The number of hydrogen-bond acceptors (Lipinski definition) is 6. The van der Waals surface area contributed by atoms with E-state index in [4.69, 9.17) is 4.42 Å². The van der Waals surface area contributed by atoms with Crippen LogP contribution >= 0.6 is 22.7 Å². The van der Waals surface area contributed by atoms with Crippen molar-refractivity contribution in [3.63, 3.8) is 0 Å². The first-order valence-electron chi connectivity index (χ1n) is 5.15. The van der Waals surface area contributed by atoms with Crippen LogP contribution < -0.4 is 9.66 Å². The Kier molecular flexibility index (Phi) is 2.92. The molecule has 1 N–H and O–H groups in total. The Morgan fingerprint density at radius 3 is 2.79 bits per heavy atom. The topological polar surface area (TPSA) is 76.4 Å². The first-order valence-corrected chi connectivity index (χ1v) is 8.32. The summed E-state index contributed by atoms with van der Waals surface area (Å²) in [5, 5.41) is 1.69. The lowest BCUT2D eigenvalue weighted by atomic mass is 10.3. The molecular formula is C11H7NO4S3. The van der Waals surface area contributed by atoms with Gasteiger partial charge in [-0.25, -0.2) is 13.2 Å². The molecule has 0 radical (unpaired) electrons. The van der Waals surface area contributed by atoms with Crippen molar-refractivity contribution in [1.29, 1.82) is 0 Å². The number of benzene rings is 1. The van der Waals surface area contributed by atoms with E-state index < -0.39 is 15.0 Å². The minimum absolute atomic E-state index is 0.243. The van der Waals surface area contributed by atoms with E-state index in [1.54, 1.807) is 29.6 Å². The lowest BCUT2D eigenvalue weighted by Crippen LogP contribution is -2.11. The quantitative estimate of drug-likeness (QED) is 0.806. The van der Waals surface area contributed by atoms with E-state index in [0.29, 0.717) is 16.0 Å². The SMILES string of the molecule is O=c1oc2ccc(NS(=O)(=O)c3cccs3)cc2s1. The number of thiophene rings is 1. The third kappa shape index (κ3) is 2.42. The van der Waals surface area contributed by atoms with Gasteiger partial charge in [0.2, 0.25) is 0 Å². The van der Waals surface area contributed by atoms with Crippen molar-refractivity contribution in [2.24, 2.45) is 0 Å². The van der Waals surface area contributed by atoms with Crippen molar-refractivity contribution in [3.05, 3.63) is 45.4 Å². The Morgan fingerprint density at radius 2 is 2.05 bits per heavy atom. The highest BCUT2D eigenvalue weighted by Crippen LogP contribution is 2.24. The summed E-state index contributed by atoms with van der Waals surface area (Å²) in [6.07, 6.45) is 0. The zero-order chi connectivity index (χ0) is 13.5. The molecule has 0 amide bonds. The van der Waals surface area contributed by atoms with Crippen LogP contribution in [0.15, 0.2) is 49.1 Å². The van der Waals surface area contributed by atoms with Gasteiger partial charge in [-0.15, -0.1) is 11.3 Å². The van der Waals surface area contributed by atoms with Gasteiger partial charge in [0.05, 0.1) is 10.4 Å². The standard InChI is InChI=1S/C11H7NO4S3/c13-11-16-8-4-3-7(6-9(8)18-11)12-19(14,15)10-2-1-5-17-10/h1-6,12H. The Balaban J connectivity index is 1.99. The summed E-state index contributed by atoms with van der Waals surface area (Å²) in [5.74, 6) is 0. The Morgan fingerprint density at radius 1 is 1.21 bits per heavy atom. The number of hydrogen-bond donors (Lipinski definition) is 1. The van der Waals surface area contributed by atoms with E-state index in [1.165, 1.54) is 6.07 Å². The first kappa shape index (κ1) is 12.4. The largest absolute Gasteiger partial charge is 0.414 e. The highest BCUT2D eigenvalue weighted by atomic mass is 32.2. The van der Waals surface area contributed by atoms with E-state index in [0.717, 1.165) is 22.7 Å². The molecule has 2 heterocycles. The van der Waals surface area contributed by atoms with E-state index >= 15 is 0 Å². The van der Waals surface area contributed by atoms with E-state index in [-0.39, 0.29) is 4.21 Å². The highest BCUT2D eigenvalue weighted by molar-refractivity contribution is 7.94. The smallest absolute Gasteiger partial charge is 0.396 e. The van der Waals surface area contributed by atoms with Gasteiger partial charge < -0.3 is 4.42 Å². The summed E-state index contributed by atoms with van der Waals surface area (Å²) in [6.45, 7) is 0. The third-order valence-corrected chi connectivity index (χ3v) is 5.91. The van der Waals surface area contributed by atoms with Crippen LogP contribution in [0.4, 0.5) is 5.69 Å². The van der Waals surface area contributed by atoms with Crippen LogP contribution in [0.25, 0.3) is 10.3 Å². The van der Waals surface area contributed by atoms with Gasteiger partial charge in [-0.1, -0.05) is 17.4 Å². The van der Waals surface area contributed by atoms with Gasteiger partial charge in [-0.2, -0.15) is 0 Å². The van der Waals surface area contributed by atoms with Crippen molar-refractivity contribution in [2.45, 2.75) is 4.21 Å². The summed E-state index contributed by atoms with van der Waals surface area (Å²) in [4.78, 5) is 10.7. The molecule has 0 aliphatic rings. The molecule has 0 saturated heterocycles. The van der Waals surface area contributed by atoms with Crippen LogP contribution in [0.3, 0.4) is 0 Å². The van der Waals surface area contributed by atoms with Crippen LogP contribution in [0.1, 0.15) is 0 Å². The van der Waals surface area contributed by atoms with Gasteiger partial charge in [0.25, 0.3) is 10.0 Å². The van der Waals surface area contributed by atoms with Crippen molar-refractivity contribution >= 4 is 48.7 Å². The fourth-order valence-corrected chi connectivity index (χ4v) is 4.31. The van der Waals surface area contributed by atoms with Crippen LogP contribution in [-0.4, -0.2) is 8.42 Å². The minimum Gasteiger partial charge on any atom is -0.414 e. The number of anilines is 1. The van der Waals surface area contributed by atoms with Gasteiger partial charge >= 0.3 is 4.94 Å². The van der Waals surface area contributed by atoms with Crippen molar-refractivity contribution in [2.75, 3.05) is 4.72 Å². The Bertz CT molecular complexity index is 874. The molecule has 0 atom stereocenters. The number of rotatable bonds is 3. The molecule has 2 aromatic heterocycles. The van der Waals surface area contributed by atoms with Crippen molar-refractivity contribution < 1.29 is 12.8 Å². The normalized spacial score (nSPS) is 11.8. The summed E-state index contributed by atoms with van der Waals surface area (Å²) in [7, 11) is -3.57. The second-order valence-corrected chi connectivity index (χ2v) is 7.49. The minimum atomic E-state index is -3.57. The molecule has 3 aromatic rings. The zero-order valence-corrected chi connectivity index (χ0v) is 11.8. The van der Waals surface area contributed by atoms with Gasteiger partial charge in [0.15, 0.2) is 0 Å². The number of nitrogens with one attached hydrogen (secondary N) is 1. The number of sulfonamides is 1. The molecular weight excluding hydrogens is 306 g/mol. The molecule has 98 valence electrons. The van der Waals surface area contributed by atoms with E-state index in [1.807, 2.05) is 0 Å². The molecule has 8 heteroatoms. The van der Waals surface area contributed by atoms with Crippen LogP contribution in [-0.2, 0) is 10.0 Å². The Labute approximate surface area is 116 Å². The van der Waals surface area contributed by atoms with Gasteiger partial charge in [-0.05, 0) is 29.6 Å². The fourth-order valence-electron chi connectivity index (χ4n) is 1.56. The first-order chi connectivity index (χ1) is 9.04. The molecule has 0 aliphatic carbocycles. The molecule has 0 spiro atoms. The van der Waals surface area contributed by atoms with Crippen molar-refractivity contribution in [3.8, 4) is 0 Å². The van der Waals surface area contributed by atoms with Crippen LogP contribution in [0, 0.1) is 0 Å². The summed E-state index contributed by atoms with van der Waals surface area (Å²) in [6, 6.07) is 7.91. The molecule has 0 saturated carbocycles. The maximum Gasteiger partial charge on any atom is 0.396 e. The Hall–Kier alpha value is -1.64. The monoisotopic (exact) mass is 313 g/mol. The van der Waals surface area contributed by atoms with Crippen LogP contribution in [0.5, 0.6) is 0 Å². The van der Waals surface area contributed by atoms with Crippen LogP contribution in [0.2, 0.25) is 0 Å². The van der Waals surface area contributed by atoms with Gasteiger partial charge in [0.1, 0.15) is 9.79 Å². The zero-order valence-electron chi connectivity index (χ0n) is 9.32. The second-order valence-electron chi connectivity index (χ2n) is 3.65. The average molecular weight is 313 g/mol. The maximum atomic E-state index is 12.0. The van der Waals surface area contributed by atoms with Crippen molar-refractivity contribution in [1.82, 2.24) is 0 Å². The molecule has 3 rings (SSSR count). The maximum absolute atomic E-state index is 12.0. The average Bonchev–Trinajstić information content (AvgIpc) is 2.95. The molecule has 19 heavy (non-hydrogen) atoms. The molecule has 0 bridgehead atoms. The lowest BCUT2D eigenvalue weighted by molar-refractivity contribution is 0.585. The summed E-state index contributed by atoms with van der Waals surface area (Å²) < 4.78 is 32.3. The summed E-state index contributed by atoms with van der Waals surface area (Å²) >= 11 is 2.08. The summed E-state index contributed by atoms with van der Waals surface area (Å²) in [5.41, 5.74) is 0.854. The number of fused-ring (bicyclic) bond motifs is 1. The molecule has 1 aromatic carbocycles. The van der Waals surface area contributed by atoms with E-state index in [9.17, 15) is 13.2 Å². The predicted octanol–water partition coefficient (Wildman–Crippen LogP) is 2.72. The molecule has 0 aliphatic heterocycles. The lowest BCUT2D eigenvalue weighted by Gasteiger charge is -2.05. The fraction of sp³-hybridized carbons (Fsp3) is 0. The highest BCUT2D eigenvalue weighted by Gasteiger charge is 2.15. The predicted molar refractivity (Wildman–Crippen MR) is 75.5 cm³/mol. The van der Waals surface area contributed by atoms with Gasteiger partial charge in [0, 0.05) is 0 Å². The third-order valence-electron chi connectivity index (χ3n) is 2.34. The van der Waals surface area contributed by atoms with Gasteiger partial charge in [-0.3, -0.25) is 4.72 Å².